The lowest BCUT2D eigenvalue weighted by Crippen LogP contribution is -2.36. The maximum Gasteiger partial charge on any atom is 0.225 e. The van der Waals surface area contributed by atoms with E-state index in [2.05, 4.69) is 20.1 Å². The molecule has 5 rings (SSSR count). The van der Waals surface area contributed by atoms with Crippen LogP contribution in [0.1, 0.15) is 93.4 Å². The number of aryl methyl sites for hydroxylation is 1. The molecule has 3 N–H and O–H groups in total. The summed E-state index contributed by atoms with van der Waals surface area (Å²) in [7, 11) is 0. The monoisotopic (exact) mass is 452 g/mol. The quantitative estimate of drug-likeness (QED) is 0.533. The number of anilines is 1. The van der Waals surface area contributed by atoms with E-state index in [9.17, 15) is 15.0 Å². The Balaban J connectivity index is 1.34. The third kappa shape index (κ3) is 4.99. The van der Waals surface area contributed by atoms with E-state index in [-0.39, 0.29) is 30.0 Å². The van der Waals surface area contributed by atoms with Crippen molar-refractivity contribution in [3.05, 3.63) is 41.5 Å². The Morgan fingerprint density at radius 3 is 2.45 bits per heavy atom. The first kappa shape index (κ1) is 22.5. The maximum atomic E-state index is 13.0. The normalized spacial score (nSPS) is 28.5. The molecule has 3 aliphatic carbocycles. The van der Waals surface area contributed by atoms with Crippen LogP contribution in [-0.2, 0) is 4.79 Å². The maximum absolute atomic E-state index is 13.0. The predicted octanol–water partition coefficient (Wildman–Crippen LogP) is 4.07. The Bertz CT molecular complexity index is 970. The average molecular weight is 453 g/mol. The van der Waals surface area contributed by atoms with E-state index in [4.69, 9.17) is 0 Å². The van der Waals surface area contributed by atoms with E-state index in [0.29, 0.717) is 24.3 Å². The highest BCUT2D eigenvalue weighted by Crippen LogP contribution is 2.49. The number of nitrogens with zero attached hydrogens (tertiary/aromatic N) is 3. The van der Waals surface area contributed by atoms with Crippen molar-refractivity contribution in [1.82, 2.24) is 14.8 Å². The van der Waals surface area contributed by atoms with Gasteiger partial charge in [-0.2, -0.15) is 0 Å². The molecular weight excluding hydrogens is 416 g/mol. The number of aromatic nitrogens is 3. The van der Waals surface area contributed by atoms with Gasteiger partial charge in [0.05, 0.1) is 12.2 Å². The Morgan fingerprint density at radius 1 is 1.15 bits per heavy atom. The number of hydrogen-bond acceptors (Lipinski definition) is 5. The fourth-order valence-corrected chi connectivity index (χ4v) is 5.65. The van der Waals surface area contributed by atoms with Crippen LogP contribution in [-0.4, -0.2) is 43.1 Å². The second kappa shape index (κ2) is 9.18. The van der Waals surface area contributed by atoms with Gasteiger partial charge in [0, 0.05) is 30.0 Å². The zero-order chi connectivity index (χ0) is 23.1. The molecule has 178 valence electrons. The highest BCUT2D eigenvalue weighted by molar-refractivity contribution is 5.91. The third-order valence-corrected chi connectivity index (χ3v) is 7.73. The average Bonchev–Trinajstić information content (AvgIpc) is 3.47. The van der Waals surface area contributed by atoms with Gasteiger partial charge in [-0.15, -0.1) is 10.2 Å². The largest absolute Gasteiger partial charge is 0.393 e. The Morgan fingerprint density at radius 2 is 1.85 bits per heavy atom. The lowest BCUT2D eigenvalue weighted by molar-refractivity contribution is -0.117. The van der Waals surface area contributed by atoms with Gasteiger partial charge in [-0.25, -0.2) is 0 Å². The molecule has 3 fully saturated rings. The number of benzene rings is 1. The minimum atomic E-state index is -0.276. The molecule has 3 saturated carbocycles. The lowest BCUT2D eigenvalue weighted by Gasteiger charge is -2.38. The summed E-state index contributed by atoms with van der Waals surface area (Å²) in [5.41, 5.74) is 1.96. The van der Waals surface area contributed by atoms with Crippen molar-refractivity contribution in [1.29, 1.82) is 0 Å². The number of amides is 1. The summed E-state index contributed by atoms with van der Waals surface area (Å²) in [6, 6.07) is 8.29. The lowest BCUT2D eigenvalue weighted by atomic mass is 9.71. The van der Waals surface area contributed by atoms with Crippen LogP contribution in [0.5, 0.6) is 0 Å². The molecule has 3 aliphatic rings. The summed E-state index contributed by atoms with van der Waals surface area (Å²) in [4.78, 5) is 13.0. The van der Waals surface area contributed by atoms with Crippen molar-refractivity contribution in [3.8, 4) is 0 Å². The molecule has 0 saturated heterocycles. The van der Waals surface area contributed by atoms with Crippen LogP contribution < -0.4 is 5.32 Å². The Kier molecular flexibility index (Phi) is 6.27. The van der Waals surface area contributed by atoms with Gasteiger partial charge in [0.1, 0.15) is 11.6 Å². The van der Waals surface area contributed by atoms with Crippen LogP contribution in [0.25, 0.3) is 0 Å². The summed E-state index contributed by atoms with van der Waals surface area (Å²) in [6.45, 7) is 3.89. The molecule has 2 unspecified atom stereocenters. The molecule has 33 heavy (non-hydrogen) atoms. The van der Waals surface area contributed by atoms with Crippen LogP contribution in [0.4, 0.5) is 5.69 Å². The number of hydrogen-bond donors (Lipinski definition) is 3. The fourth-order valence-electron chi connectivity index (χ4n) is 5.65. The zero-order valence-corrected chi connectivity index (χ0v) is 19.7. The molecule has 1 amide bonds. The fraction of sp³-hybridized carbons (Fsp3) is 0.654. The highest BCUT2D eigenvalue weighted by atomic mass is 16.3. The van der Waals surface area contributed by atoms with E-state index >= 15 is 0 Å². The summed E-state index contributed by atoms with van der Waals surface area (Å²) >= 11 is 0. The number of carbonyl (C=O) groups is 1. The van der Waals surface area contributed by atoms with Crippen LogP contribution in [0, 0.1) is 18.8 Å². The first-order valence-electron chi connectivity index (χ1n) is 12.5. The summed E-state index contributed by atoms with van der Waals surface area (Å²) < 4.78 is 2.35. The standard InChI is InChI=1S/C26H36N4O3/c1-15-3-5-20(6-4-15)27-24(33)14-23(18-12-22(32)13-18)26-29-28-25(30(26)21-7-8-21)19-10-17(11-19)9-16(2)31/h3-6,16-19,21-23,31-32H,7-14H2,1-2H3,(H,27,33). The van der Waals surface area contributed by atoms with E-state index < -0.39 is 0 Å². The number of aliphatic hydroxyl groups is 2. The molecule has 7 nitrogen and oxygen atoms in total. The molecule has 1 aromatic heterocycles. The first-order chi connectivity index (χ1) is 15.9. The van der Waals surface area contributed by atoms with Crippen molar-refractivity contribution in [2.24, 2.45) is 11.8 Å². The molecule has 2 aromatic rings. The van der Waals surface area contributed by atoms with E-state index in [1.165, 1.54) is 0 Å². The number of rotatable bonds is 9. The minimum absolute atomic E-state index is 0.0159. The molecule has 0 bridgehead atoms. The van der Waals surface area contributed by atoms with Gasteiger partial charge in [0.25, 0.3) is 0 Å². The van der Waals surface area contributed by atoms with E-state index in [1.807, 2.05) is 38.1 Å². The van der Waals surface area contributed by atoms with Crippen molar-refractivity contribution < 1.29 is 15.0 Å². The van der Waals surface area contributed by atoms with Crippen LogP contribution >= 0.6 is 0 Å². The van der Waals surface area contributed by atoms with Gasteiger partial charge in [0.2, 0.25) is 5.91 Å². The van der Waals surface area contributed by atoms with Crippen molar-refractivity contribution in [2.45, 2.75) is 95.3 Å². The number of nitrogens with one attached hydrogen (secondary N) is 1. The van der Waals surface area contributed by atoms with Gasteiger partial charge in [0.15, 0.2) is 0 Å². The van der Waals surface area contributed by atoms with Crippen molar-refractivity contribution in [2.75, 3.05) is 5.32 Å². The summed E-state index contributed by atoms with van der Waals surface area (Å²) in [5.74, 6) is 3.15. The molecular formula is C26H36N4O3. The molecule has 1 aromatic carbocycles. The smallest absolute Gasteiger partial charge is 0.225 e. The third-order valence-electron chi connectivity index (χ3n) is 7.73. The van der Waals surface area contributed by atoms with Gasteiger partial charge < -0.3 is 20.1 Å². The molecule has 0 radical (unpaired) electrons. The minimum Gasteiger partial charge on any atom is -0.393 e. The second-order valence-electron chi connectivity index (χ2n) is 10.7. The van der Waals surface area contributed by atoms with E-state index in [1.54, 1.807) is 0 Å². The number of carbonyl (C=O) groups excluding carboxylic acids is 1. The van der Waals surface area contributed by atoms with Gasteiger partial charge in [-0.05, 0) is 82.8 Å². The molecule has 7 heteroatoms. The first-order valence-corrected chi connectivity index (χ1v) is 12.5. The van der Waals surface area contributed by atoms with Crippen LogP contribution in [0.3, 0.4) is 0 Å². The van der Waals surface area contributed by atoms with Gasteiger partial charge in [-0.1, -0.05) is 17.7 Å². The summed E-state index contributed by atoms with van der Waals surface area (Å²) in [5, 5.41) is 32.0. The second-order valence-corrected chi connectivity index (χ2v) is 10.7. The van der Waals surface area contributed by atoms with Gasteiger partial charge in [-0.3, -0.25) is 4.79 Å². The number of aliphatic hydroxyl groups excluding tert-OH is 2. The molecule has 2 atom stereocenters. The van der Waals surface area contributed by atoms with E-state index in [0.717, 1.165) is 67.8 Å². The Labute approximate surface area is 195 Å². The van der Waals surface area contributed by atoms with Crippen molar-refractivity contribution >= 4 is 11.6 Å². The summed E-state index contributed by atoms with van der Waals surface area (Å²) in [6.07, 6.45) is 6.48. The van der Waals surface area contributed by atoms with Crippen LogP contribution in [0.2, 0.25) is 0 Å². The zero-order valence-electron chi connectivity index (χ0n) is 19.7. The Hall–Kier alpha value is -2.25. The molecule has 0 aliphatic heterocycles. The van der Waals surface area contributed by atoms with Crippen molar-refractivity contribution in [3.63, 3.8) is 0 Å². The molecule has 1 heterocycles. The highest BCUT2D eigenvalue weighted by Gasteiger charge is 2.43. The SMILES string of the molecule is Cc1ccc(NC(=O)CC(c2nnc(C3CC(CC(C)O)C3)n2C2CC2)C2CC(O)C2)cc1. The van der Waals surface area contributed by atoms with Crippen LogP contribution in [0.15, 0.2) is 24.3 Å². The predicted molar refractivity (Wildman–Crippen MR) is 126 cm³/mol. The molecule has 0 spiro atoms. The topological polar surface area (TPSA) is 100 Å². The van der Waals surface area contributed by atoms with Gasteiger partial charge >= 0.3 is 0 Å².